The van der Waals surface area contributed by atoms with Crippen LogP contribution in [0, 0.1) is 13.8 Å². The Morgan fingerprint density at radius 1 is 1.32 bits per heavy atom. The van der Waals surface area contributed by atoms with Gasteiger partial charge in [-0.25, -0.2) is 4.79 Å². The van der Waals surface area contributed by atoms with Gasteiger partial charge in [-0.15, -0.1) is 0 Å². The van der Waals surface area contributed by atoms with Crippen LogP contribution in [0.5, 0.6) is 5.75 Å². The molecule has 1 saturated heterocycles. The molecule has 0 radical (unpaired) electrons. The van der Waals surface area contributed by atoms with Crippen LogP contribution in [-0.4, -0.2) is 37.2 Å². The van der Waals surface area contributed by atoms with Crippen LogP contribution in [0.15, 0.2) is 18.2 Å². The summed E-state index contributed by atoms with van der Waals surface area (Å²) >= 11 is 0. The Labute approximate surface area is 114 Å². The van der Waals surface area contributed by atoms with Gasteiger partial charge in [-0.2, -0.15) is 0 Å². The van der Waals surface area contributed by atoms with Crippen LogP contribution >= 0.6 is 0 Å². The lowest BCUT2D eigenvalue weighted by Gasteiger charge is -2.16. The summed E-state index contributed by atoms with van der Waals surface area (Å²) in [5, 5.41) is 2.89. The van der Waals surface area contributed by atoms with E-state index in [1.54, 1.807) is 0 Å². The number of ether oxygens (including phenoxy) is 1. The van der Waals surface area contributed by atoms with Crippen LogP contribution in [0.3, 0.4) is 0 Å². The lowest BCUT2D eigenvalue weighted by molar-refractivity contribution is 0.205. The minimum absolute atomic E-state index is 0.0297. The van der Waals surface area contributed by atoms with E-state index >= 15 is 0 Å². The van der Waals surface area contributed by atoms with E-state index in [2.05, 4.69) is 11.4 Å². The first kappa shape index (κ1) is 13.7. The number of hydrogen-bond acceptors (Lipinski definition) is 2. The lowest BCUT2D eigenvalue weighted by atomic mass is 10.1. The number of rotatable bonds is 4. The van der Waals surface area contributed by atoms with Gasteiger partial charge in [0.25, 0.3) is 0 Å². The summed E-state index contributed by atoms with van der Waals surface area (Å²) < 4.78 is 5.70. The third-order valence-electron chi connectivity index (χ3n) is 3.37. The first-order valence-electron chi connectivity index (χ1n) is 6.89. The molecule has 2 amide bonds. The number of aryl methyl sites for hydroxylation is 2. The van der Waals surface area contributed by atoms with E-state index in [0.717, 1.165) is 37.2 Å². The van der Waals surface area contributed by atoms with Crippen molar-refractivity contribution in [3.63, 3.8) is 0 Å². The second-order valence-corrected chi connectivity index (χ2v) is 5.04. The van der Waals surface area contributed by atoms with Crippen molar-refractivity contribution in [3.8, 4) is 5.75 Å². The number of nitrogens with zero attached hydrogens (tertiary/aromatic N) is 1. The quantitative estimate of drug-likeness (QED) is 0.847. The van der Waals surface area contributed by atoms with Crippen molar-refractivity contribution in [1.29, 1.82) is 0 Å². The number of carbonyl (C=O) groups excluding carboxylic acids is 1. The van der Waals surface area contributed by atoms with E-state index in [4.69, 9.17) is 4.74 Å². The number of urea groups is 1. The van der Waals surface area contributed by atoms with Crippen LogP contribution < -0.4 is 10.1 Å². The largest absolute Gasteiger partial charge is 0.491 e. The molecule has 4 nitrogen and oxygen atoms in total. The van der Waals surface area contributed by atoms with Gasteiger partial charge < -0.3 is 15.0 Å². The summed E-state index contributed by atoms with van der Waals surface area (Å²) in [4.78, 5) is 13.6. The molecule has 0 unspecified atom stereocenters. The number of carbonyl (C=O) groups is 1. The zero-order chi connectivity index (χ0) is 13.7. The highest BCUT2D eigenvalue weighted by Crippen LogP contribution is 2.18. The first-order valence-corrected chi connectivity index (χ1v) is 6.89. The number of nitrogens with one attached hydrogen (secondary N) is 1. The Kier molecular flexibility index (Phi) is 4.66. The molecule has 1 aliphatic rings. The molecule has 19 heavy (non-hydrogen) atoms. The second kappa shape index (κ2) is 6.45. The van der Waals surface area contributed by atoms with Crippen molar-refractivity contribution >= 4 is 6.03 Å². The number of likely N-dealkylation sites (tertiary alicyclic amines) is 1. The molecule has 1 aliphatic heterocycles. The van der Waals surface area contributed by atoms with E-state index < -0.39 is 0 Å². The molecule has 0 atom stereocenters. The number of benzene rings is 1. The monoisotopic (exact) mass is 262 g/mol. The SMILES string of the molecule is Cc1ccc(C)c(OCCNC(=O)N2CCCC2)c1. The maximum absolute atomic E-state index is 11.7. The summed E-state index contributed by atoms with van der Waals surface area (Å²) in [6.07, 6.45) is 2.23. The van der Waals surface area contributed by atoms with Crippen molar-refractivity contribution in [2.75, 3.05) is 26.2 Å². The predicted octanol–water partition coefficient (Wildman–Crippen LogP) is 2.49. The molecule has 0 bridgehead atoms. The Bertz CT molecular complexity index is 440. The summed E-state index contributed by atoms with van der Waals surface area (Å²) in [6, 6.07) is 6.17. The lowest BCUT2D eigenvalue weighted by Crippen LogP contribution is -2.39. The van der Waals surface area contributed by atoms with Gasteiger partial charge in [0.2, 0.25) is 0 Å². The smallest absolute Gasteiger partial charge is 0.317 e. The van der Waals surface area contributed by atoms with Crippen LogP contribution in [0.1, 0.15) is 24.0 Å². The maximum atomic E-state index is 11.7. The standard InChI is InChI=1S/C15H22N2O2/c1-12-5-6-13(2)14(11-12)19-10-7-16-15(18)17-8-3-4-9-17/h5-6,11H,3-4,7-10H2,1-2H3,(H,16,18). The molecule has 1 fully saturated rings. The van der Waals surface area contributed by atoms with E-state index in [-0.39, 0.29) is 6.03 Å². The summed E-state index contributed by atoms with van der Waals surface area (Å²) in [6.45, 7) is 6.87. The number of amides is 2. The second-order valence-electron chi connectivity index (χ2n) is 5.04. The molecule has 1 heterocycles. The third kappa shape index (κ3) is 3.88. The van der Waals surface area contributed by atoms with Crippen LogP contribution in [0.4, 0.5) is 4.79 Å². The summed E-state index contributed by atoms with van der Waals surface area (Å²) in [7, 11) is 0. The van der Waals surface area contributed by atoms with Crippen LogP contribution in [-0.2, 0) is 0 Å². The minimum Gasteiger partial charge on any atom is -0.491 e. The van der Waals surface area contributed by atoms with Crippen molar-refractivity contribution < 1.29 is 9.53 Å². The molecular formula is C15H22N2O2. The summed E-state index contributed by atoms with van der Waals surface area (Å²) in [5.41, 5.74) is 2.30. The Morgan fingerprint density at radius 3 is 2.79 bits per heavy atom. The average molecular weight is 262 g/mol. The van der Waals surface area contributed by atoms with Gasteiger partial charge in [0, 0.05) is 13.1 Å². The van der Waals surface area contributed by atoms with Crippen molar-refractivity contribution in [2.45, 2.75) is 26.7 Å². The van der Waals surface area contributed by atoms with Crippen molar-refractivity contribution in [1.82, 2.24) is 10.2 Å². The molecular weight excluding hydrogens is 240 g/mol. The molecule has 0 aliphatic carbocycles. The molecule has 1 aromatic rings. The van der Waals surface area contributed by atoms with Crippen molar-refractivity contribution in [3.05, 3.63) is 29.3 Å². The van der Waals surface area contributed by atoms with Gasteiger partial charge in [-0.1, -0.05) is 12.1 Å². The fourth-order valence-electron chi connectivity index (χ4n) is 2.21. The topological polar surface area (TPSA) is 41.6 Å². The van der Waals surface area contributed by atoms with E-state index in [1.807, 2.05) is 30.9 Å². The maximum Gasteiger partial charge on any atom is 0.317 e. The minimum atomic E-state index is 0.0297. The zero-order valence-electron chi connectivity index (χ0n) is 11.7. The fourth-order valence-corrected chi connectivity index (χ4v) is 2.21. The highest BCUT2D eigenvalue weighted by Gasteiger charge is 2.16. The van der Waals surface area contributed by atoms with Crippen LogP contribution in [0.2, 0.25) is 0 Å². The number of hydrogen-bond donors (Lipinski definition) is 1. The molecule has 1 N–H and O–H groups in total. The molecule has 2 rings (SSSR count). The fraction of sp³-hybridized carbons (Fsp3) is 0.533. The zero-order valence-corrected chi connectivity index (χ0v) is 11.7. The van der Waals surface area contributed by atoms with Gasteiger partial charge in [0.15, 0.2) is 0 Å². The molecule has 4 heteroatoms. The first-order chi connectivity index (χ1) is 9.16. The van der Waals surface area contributed by atoms with Crippen LogP contribution in [0.25, 0.3) is 0 Å². The Morgan fingerprint density at radius 2 is 2.05 bits per heavy atom. The van der Waals surface area contributed by atoms with Gasteiger partial charge in [0.05, 0.1) is 6.54 Å². The molecule has 1 aromatic carbocycles. The van der Waals surface area contributed by atoms with Crippen molar-refractivity contribution in [2.24, 2.45) is 0 Å². The van der Waals surface area contributed by atoms with E-state index in [9.17, 15) is 4.79 Å². The van der Waals surface area contributed by atoms with Gasteiger partial charge in [-0.05, 0) is 43.9 Å². The third-order valence-corrected chi connectivity index (χ3v) is 3.37. The molecule has 0 saturated carbocycles. The normalized spacial score (nSPS) is 14.5. The average Bonchev–Trinajstić information content (AvgIpc) is 2.92. The Hall–Kier alpha value is -1.71. The van der Waals surface area contributed by atoms with E-state index in [1.165, 1.54) is 5.56 Å². The highest BCUT2D eigenvalue weighted by molar-refractivity contribution is 5.74. The predicted molar refractivity (Wildman–Crippen MR) is 75.6 cm³/mol. The summed E-state index contributed by atoms with van der Waals surface area (Å²) in [5.74, 6) is 0.899. The molecule has 0 spiro atoms. The molecule has 0 aromatic heterocycles. The molecule has 104 valence electrons. The van der Waals surface area contributed by atoms with E-state index in [0.29, 0.717) is 13.2 Å². The van der Waals surface area contributed by atoms with Gasteiger partial charge >= 0.3 is 6.03 Å². The van der Waals surface area contributed by atoms with Gasteiger partial charge in [0.1, 0.15) is 12.4 Å². The van der Waals surface area contributed by atoms with Gasteiger partial charge in [-0.3, -0.25) is 0 Å². The highest BCUT2D eigenvalue weighted by atomic mass is 16.5. The Balaban J connectivity index is 1.71.